The van der Waals surface area contributed by atoms with Crippen LogP contribution in [0.2, 0.25) is 0 Å². The standard InChI is InChI=1S/C17H27NO2S/c1-13(14-6-4-3-5-7-14)20-12-16(19)11-18-15-8-9-17(10-15)21-2/h3-7,13,15-19H,8-12H2,1-2H3. The van der Waals surface area contributed by atoms with Crippen molar-refractivity contribution in [1.29, 1.82) is 0 Å². The molecule has 1 saturated carbocycles. The molecule has 1 aromatic rings. The highest BCUT2D eigenvalue weighted by Gasteiger charge is 2.23. The van der Waals surface area contributed by atoms with E-state index in [2.05, 4.69) is 23.7 Å². The molecule has 1 aliphatic rings. The summed E-state index contributed by atoms with van der Waals surface area (Å²) in [7, 11) is 0. The third-order valence-electron chi connectivity index (χ3n) is 4.17. The van der Waals surface area contributed by atoms with Crippen molar-refractivity contribution in [2.45, 2.75) is 49.7 Å². The minimum absolute atomic E-state index is 0.0215. The highest BCUT2D eigenvalue weighted by molar-refractivity contribution is 7.99. The van der Waals surface area contributed by atoms with Crippen molar-refractivity contribution in [3.05, 3.63) is 35.9 Å². The molecule has 0 aromatic heterocycles. The van der Waals surface area contributed by atoms with Gasteiger partial charge >= 0.3 is 0 Å². The Morgan fingerprint density at radius 2 is 2.10 bits per heavy atom. The molecule has 3 nitrogen and oxygen atoms in total. The molecule has 1 fully saturated rings. The van der Waals surface area contributed by atoms with Crippen LogP contribution in [-0.2, 0) is 4.74 Å². The van der Waals surface area contributed by atoms with Crippen LogP contribution in [0.1, 0.15) is 37.9 Å². The molecule has 0 amide bonds. The lowest BCUT2D eigenvalue weighted by Gasteiger charge is -2.19. The first-order valence-corrected chi connectivity index (χ1v) is 9.08. The van der Waals surface area contributed by atoms with Crippen molar-refractivity contribution >= 4 is 11.8 Å². The van der Waals surface area contributed by atoms with E-state index in [4.69, 9.17) is 4.74 Å². The molecule has 0 aliphatic heterocycles. The van der Waals surface area contributed by atoms with Crippen LogP contribution in [0.4, 0.5) is 0 Å². The van der Waals surface area contributed by atoms with Crippen LogP contribution in [0.15, 0.2) is 30.3 Å². The van der Waals surface area contributed by atoms with E-state index in [0.29, 0.717) is 19.2 Å². The predicted molar refractivity (Wildman–Crippen MR) is 89.8 cm³/mol. The van der Waals surface area contributed by atoms with Crippen LogP contribution >= 0.6 is 11.8 Å². The number of rotatable bonds is 8. The van der Waals surface area contributed by atoms with Gasteiger partial charge in [-0.05, 0) is 38.0 Å². The molecule has 0 saturated heterocycles. The molecule has 4 atom stereocenters. The molecule has 118 valence electrons. The van der Waals surface area contributed by atoms with E-state index in [-0.39, 0.29) is 6.10 Å². The van der Waals surface area contributed by atoms with Crippen LogP contribution in [-0.4, -0.2) is 41.9 Å². The summed E-state index contributed by atoms with van der Waals surface area (Å²) in [5.74, 6) is 0. The molecular formula is C17H27NO2S. The van der Waals surface area contributed by atoms with Crippen molar-refractivity contribution < 1.29 is 9.84 Å². The topological polar surface area (TPSA) is 41.5 Å². The van der Waals surface area contributed by atoms with Gasteiger partial charge in [-0.1, -0.05) is 30.3 Å². The molecule has 1 aliphatic carbocycles. The van der Waals surface area contributed by atoms with Gasteiger partial charge in [-0.15, -0.1) is 0 Å². The third kappa shape index (κ3) is 5.62. The molecule has 21 heavy (non-hydrogen) atoms. The fraction of sp³-hybridized carbons (Fsp3) is 0.647. The van der Waals surface area contributed by atoms with Crippen molar-refractivity contribution in [1.82, 2.24) is 5.32 Å². The van der Waals surface area contributed by atoms with Gasteiger partial charge in [-0.25, -0.2) is 0 Å². The highest BCUT2D eigenvalue weighted by Crippen LogP contribution is 2.28. The quantitative estimate of drug-likeness (QED) is 0.774. The van der Waals surface area contributed by atoms with Crippen molar-refractivity contribution in [2.24, 2.45) is 0 Å². The van der Waals surface area contributed by atoms with E-state index in [9.17, 15) is 5.11 Å². The number of ether oxygens (including phenoxy) is 1. The van der Waals surface area contributed by atoms with E-state index < -0.39 is 6.10 Å². The first-order valence-electron chi connectivity index (χ1n) is 7.79. The summed E-state index contributed by atoms with van der Waals surface area (Å²) in [6.45, 7) is 3.02. The summed E-state index contributed by atoms with van der Waals surface area (Å²) in [6.07, 6.45) is 5.49. The Morgan fingerprint density at radius 1 is 1.33 bits per heavy atom. The van der Waals surface area contributed by atoms with Gasteiger partial charge in [0.2, 0.25) is 0 Å². The highest BCUT2D eigenvalue weighted by atomic mass is 32.2. The van der Waals surface area contributed by atoms with E-state index >= 15 is 0 Å². The second-order valence-corrected chi connectivity index (χ2v) is 6.95. The van der Waals surface area contributed by atoms with Crippen LogP contribution in [0.3, 0.4) is 0 Å². The van der Waals surface area contributed by atoms with Gasteiger partial charge in [-0.3, -0.25) is 0 Å². The maximum atomic E-state index is 10.0. The monoisotopic (exact) mass is 309 g/mol. The summed E-state index contributed by atoms with van der Waals surface area (Å²) in [6, 6.07) is 10.7. The van der Waals surface area contributed by atoms with Gasteiger partial charge in [-0.2, -0.15) is 11.8 Å². The lowest BCUT2D eigenvalue weighted by molar-refractivity contribution is -0.00283. The number of benzene rings is 1. The minimum atomic E-state index is -0.440. The molecule has 4 unspecified atom stereocenters. The number of aliphatic hydroxyl groups excluding tert-OH is 1. The second-order valence-electron chi connectivity index (χ2n) is 5.82. The second kappa shape index (κ2) is 8.79. The van der Waals surface area contributed by atoms with Gasteiger partial charge in [0.05, 0.1) is 18.8 Å². The zero-order chi connectivity index (χ0) is 15.1. The molecule has 0 radical (unpaired) electrons. The maximum absolute atomic E-state index is 10.0. The molecule has 2 rings (SSSR count). The average Bonchev–Trinajstić information content (AvgIpc) is 2.99. The normalized spacial score (nSPS) is 24.9. The Bertz CT molecular complexity index is 401. The summed E-state index contributed by atoms with van der Waals surface area (Å²) >= 11 is 1.96. The van der Waals surface area contributed by atoms with Crippen LogP contribution in [0.5, 0.6) is 0 Å². The molecule has 2 N–H and O–H groups in total. The first-order chi connectivity index (χ1) is 10.2. The Hall–Kier alpha value is -0.550. The SMILES string of the molecule is CSC1CCC(NCC(O)COC(C)c2ccccc2)C1. The molecule has 0 spiro atoms. The van der Waals surface area contributed by atoms with E-state index in [0.717, 1.165) is 10.8 Å². The predicted octanol–water partition coefficient (Wildman–Crippen LogP) is 3.00. The Kier molecular flexibility index (Phi) is 7.04. The summed E-state index contributed by atoms with van der Waals surface area (Å²) in [5.41, 5.74) is 1.15. The fourth-order valence-corrected chi connectivity index (χ4v) is 3.57. The fourth-order valence-electron chi connectivity index (χ4n) is 2.78. The van der Waals surface area contributed by atoms with Crippen LogP contribution in [0, 0.1) is 0 Å². The lowest BCUT2D eigenvalue weighted by Crippen LogP contribution is -2.36. The van der Waals surface area contributed by atoms with Gasteiger partial charge in [0.25, 0.3) is 0 Å². The summed E-state index contributed by atoms with van der Waals surface area (Å²) in [4.78, 5) is 0. The molecule has 1 aromatic carbocycles. The number of thioether (sulfide) groups is 1. The van der Waals surface area contributed by atoms with E-state index in [1.54, 1.807) is 0 Å². The zero-order valence-electron chi connectivity index (χ0n) is 13.0. The lowest BCUT2D eigenvalue weighted by atomic mass is 10.1. The smallest absolute Gasteiger partial charge is 0.0898 e. The van der Waals surface area contributed by atoms with E-state index in [1.807, 2.05) is 36.9 Å². The van der Waals surface area contributed by atoms with E-state index in [1.165, 1.54) is 19.3 Å². The van der Waals surface area contributed by atoms with Gasteiger partial charge in [0, 0.05) is 17.8 Å². The third-order valence-corrected chi connectivity index (χ3v) is 5.26. The van der Waals surface area contributed by atoms with Crippen LogP contribution < -0.4 is 5.32 Å². The number of nitrogens with one attached hydrogen (secondary N) is 1. The maximum Gasteiger partial charge on any atom is 0.0898 e. The van der Waals surface area contributed by atoms with Gasteiger partial charge in [0.15, 0.2) is 0 Å². The van der Waals surface area contributed by atoms with Crippen LogP contribution in [0.25, 0.3) is 0 Å². The molecule has 0 heterocycles. The number of aliphatic hydroxyl groups is 1. The molecular weight excluding hydrogens is 282 g/mol. The molecule has 0 bridgehead atoms. The van der Waals surface area contributed by atoms with Crippen molar-refractivity contribution in [2.75, 3.05) is 19.4 Å². The summed E-state index contributed by atoms with van der Waals surface area (Å²) < 4.78 is 5.75. The zero-order valence-corrected chi connectivity index (χ0v) is 13.8. The molecule has 4 heteroatoms. The van der Waals surface area contributed by atoms with Crippen molar-refractivity contribution in [3.8, 4) is 0 Å². The minimum Gasteiger partial charge on any atom is -0.389 e. The van der Waals surface area contributed by atoms with Gasteiger partial charge in [0.1, 0.15) is 0 Å². The first kappa shape index (κ1) is 16.8. The number of hydrogen-bond acceptors (Lipinski definition) is 4. The van der Waals surface area contributed by atoms with Gasteiger partial charge < -0.3 is 15.2 Å². The largest absolute Gasteiger partial charge is 0.389 e. The Balaban J connectivity index is 1.62. The number of hydrogen-bond donors (Lipinski definition) is 2. The Morgan fingerprint density at radius 3 is 2.76 bits per heavy atom. The Labute approximate surface area is 132 Å². The average molecular weight is 309 g/mol. The summed E-state index contributed by atoms with van der Waals surface area (Å²) in [5, 5.41) is 14.3. The van der Waals surface area contributed by atoms with Crippen molar-refractivity contribution in [3.63, 3.8) is 0 Å².